The summed E-state index contributed by atoms with van der Waals surface area (Å²) in [4.78, 5) is 16.3. The van der Waals surface area contributed by atoms with E-state index in [1.807, 2.05) is 6.07 Å². The monoisotopic (exact) mass is 310 g/mol. The van der Waals surface area contributed by atoms with E-state index < -0.39 is 0 Å². The molecule has 1 saturated heterocycles. The lowest BCUT2D eigenvalue weighted by Crippen LogP contribution is -2.46. The van der Waals surface area contributed by atoms with E-state index in [0.717, 1.165) is 38.4 Å². The minimum Gasteiger partial charge on any atom is -0.368 e. The molecule has 5 heteroatoms. The van der Waals surface area contributed by atoms with Crippen molar-refractivity contribution in [1.29, 1.82) is 0 Å². The van der Waals surface area contributed by atoms with Gasteiger partial charge in [-0.1, -0.05) is 42.5 Å². The smallest absolute Gasteiger partial charge is 0.268 e. The van der Waals surface area contributed by atoms with Gasteiger partial charge in [0.2, 0.25) is 0 Å². The molecule has 2 aromatic rings. The van der Waals surface area contributed by atoms with Crippen LogP contribution in [0.4, 0.5) is 5.69 Å². The minimum atomic E-state index is -0.0595. The Hall–Kier alpha value is -2.40. The maximum atomic E-state index is 11.7. The van der Waals surface area contributed by atoms with Gasteiger partial charge in [-0.05, 0) is 5.56 Å². The number of benzene rings is 1. The summed E-state index contributed by atoms with van der Waals surface area (Å²) in [7, 11) is 1.67. The van der Waals surface area contributed by atoms with E-state index in [9.17, 15) is 4.79 Å². The Morgan fingerprint density at radius 2 is 1.87 bits per heavy atom. The van der Waals surface area contributed by atoms with Gasteiger partial charge in [0.15, 0.2) is 0 Å². The zero-order chi connectivity index (χ0) is 16.1. The third-order valence-corrected chi connectivity index (χ3v) is 4.16. The predicted octanol–water partition coefficient (Wildman–Crippen LogP) is 1.62. The molecule has 0 radical (unpaired) electrons. The van der Waals surface area contributed by atoms with Gasteiger partial charge in [0.05, 0.1) is 11.9 Å². The van der Waals surface area contributed by atoms with Crippen LogP contribution in [0.2, 0.25) is 0 Å². The molecule has 0 atom stereocenters. The molecule has 0 N–H and O–H groups in total. The fourth-order valence-corrected chi connectivity index (χ4v) is 2.72. The van der Waals surface area contributed by atoms with Crippen molar-refractivity contribution in [2.75, 3.05) is 37.6 Å². The van der Waals surface area contributed by atoms with Crippen molar-refractivity contribution in [1.82, 2.24) is 14.7 Å². The molecule has 1 aromatic heterocycles. The fraction of sp³-hybridized carbons (Fsp3) is 0.333. The highest BCUT2D eigenvalue weighted by Gasteiger charge is 2.16. The van der Waals surface area contributed by atoms with Crippen LogP contribution in [0.1, 0.15) is 5.56 Å². The fourth-order valence-electron chi connectivity index (χ4n) is 2.72. The van der Waals surface area contributed by atoms with Gasteiger partial charge in [0, 0.05) is 45.8 Å². The lowest BCUT2D eigenvalue weighted by molar-refractivity contribution is 0.284. The van der Waals surface area contributed by atoms with Crippen LogP contribution in [0.3, 0.4) is 0 Å². The lowest BCUT2D eigenvalue weighted by Gasteiger charge is -2.35. The highest BCUT2D eigenvalue weighted by molar-refractivity contribution is 5.49. The SMILES string of the molecule is Cn1ncc(N2CCN(CC=Cc3ccccc3)CC2)cc1=O. The second-order valence-electron chi connectivity index (χ2n) is 5.78. The molecule has 5 nitrogen and oxygen atoms in total. The third-order valence-electron chi connectivity index (χ3n) is 4.16. The average Bonchev–Trinajstić information content (AvgIpc) is 2.59. The normalized spacial score (nSPS) is 16.1. The number of piperazine rings is 1. The van der Waals surface area contributed by atoms with Crippen molar-refractivity contribution in [3.63, 3.8) is 0 Å². The number of nitrogens with zero attached hydrogens (tertiary/aromatic N) is 4. The molecule has 0 saturated carbocycles. The van der Waals surface area contributed by atoms with E-state index in [4.69, 9.17) is 0 Å². The molecule has 0 aliphatic carbocycles. The van der Waals surface area contributed by atoms with Gasteiger partial charge < -0.3 is 4.90 Å². The van der Waals surface area contributed by atoms with E-state index >= 15 is 0 Å². The predicted molar refractivity (Wildman–Crippen MR) is 93.6 cm³/mol. The third kappa shape index (κ3) is 4.07. The van der Waals surface area contributed by atoms with Crippen molar-refractivity contribution in [2.24, 2.45) is 7.05 Å². The van der Waals surface area contributed by atoms with Crippen LogP contribution in [0, 0.1) is 0 Å². The molecule has 0 bridgehead atoms. The van der Waals surface area contributed by atoms with Crippen LogP contribution in [-0.2, 0) is 7.05 Å². The van der Waals surface area contributed by atoms with Gasteiger partial charge in [-0.3, -0.25) is 9.69 Å². The number of aryl methyl sites for hydroxylation is 1. The number of anilines is 1. The second-order valence-corrected chi connectivity index (χ2v) is 5.78. The first kappa shape index (κ1) is 15.5. The summed E-state index contributed by atoms with van der Waals surface area (Å²) in [5.41, 5.74) is 2.10. The number of aromatic nitrogens is 2. The van der Waals surface area contributed by atoms with E-state index in [-0.39, 0.29) is 5.56 Å². The van der Waals surface area contributed by atoms with Crippen molar-refractivity contribution in [2.45, 2.75) is 0 Å². The summed E-state index contributed by atoms with van der Waals surface area (Å²) in [6, 6.07) is 12.0. The maximum absolute atomic E-state index is 11.7. The molecule has 0 unspecified atom stereocenters. The van der Waals surface area contributed by atoms with Crippen molar-refractivity contribution < 1.29 is 0 Å². The van der Waals surface area contributed by atoms with Crippen LogP contribution >= 0.6 is 0 Å². The van der Waals surface area contributed by atoms with Crippen LogP contribution in [0.5, 0.6) is 0 Å². The Morgan fingerprint density at radius 3 is 2.57 bits per heavy atom. The second kappa shape index (κ2) is 7.24. The molecule has 3 rings (SSSR count). The van der Waals surface area contributed by atoms with Crippen LogP contribution in [0.25, 0.3) is 6.08 Å². The maximum Gasteiger partial charge on any atom is 0.268 e. The summed E-state index contributed by atoms with van der Waals surface area (Å²) in [5.74, 6) is 0. The summed E-state index contributed by atoms with van der Waals surface area (Å²) in [6.45, 7) is 4.79. The van der Waals surface area contributed by atoms with Gasteiger partial charge in [-0.2, -0.15) is 5.10 Å². The van der Waals surface area contributed by atoms with E-state index in [1.54, 1.807) is 19.3 Å². The minimum absolute atomic E-state index is 0.0595. The highest BCUT2D eigenvalue weighted by atomic mass is 16.1. The molecule has 1 aromatic carbocycles. The number of hydrogen-bond acceptors (Lipinski definition) is 4. The first-order valence-corrected chi connectivity index (χ1v) is 7.94. The Labute approximate surface area is 136 Å². The molecular formula is C18H22N4O. The van der Waals surface area contributed by atoms with E-state index in [2.05, 4.69) is 51.3 Å². The van der Waals surface area contributed by atoms with Crippen LogP contribution < -0.4 is 10.5 Å². The Bertz CT molecular complexity index is 715. The summed E-state index contributed by atoms with van der Waals surface area (Å²) < 4.78 is 1.36. The summed E-state index contributed by atoms with van der Waals surface area (Å²) >= 11 is 0. The molecule has 2 heterocycles. The molecule has 23 heavy (non-hydrogen) atoms. The molecule has 120 valence electrons. The van der Waals surface area contributed by atoms with E-state index in [0.29, 0.717) is 0 Å². The standard InChI is InChI=1S/C18H22N4O/c1-20-18(23)14-17(15-19-20)22-12-10-21(11-13-22)9-5-8-16-6-3-2-4-7-16/h2-8,14-15H,9-13H2,1H3. The molecule has 0 spiro atoms. The topological polar surface area (TPSA) is 41.4 Å². The van der Waals surface area contributed by atoms with Gasteiger partial charge in [-0.25, -0.2) is 4.68 Å². The molecule has 0 amide bonds. The zero-order valence-corrected chi connectivity index (χ0v) is 13.4. The van der Waals surface area contributed by atoms with Gasteiger partial charge in [-0.15, -0.1) is 0 Å². The van der Waals surface area contributed by atoms with Crippen molar-refractivity contribution in [3.05, 3.63) is 64.6 Å². The average molecular weight is 310 g/mol. The Kier molecular flexibility index (Phi) is 4.88. The molecular weight excluding hydrogens is 288 g/mol. The van der Waals surface area contributed by atoms with Gasteiger partial charge >= 0.3 is 0 Å². The number of hydrogen-bond donors (Lipinski definition) is 0. The van der Waals surface area contributed by atoms with Crippen molar-refractivity contribution >= 4 is 11.8 Å². The quantitative estimate of drug-likeness (QED) is 0.860. The first-order valence-electron chi connectivity index (χ1n) is 7.94. The molecule has 1 aliphatic heterocycles. The Balaban J connectivity index is 1.51. The Morgan fingerprint density at radius 1 is 1.13 bits per heavy atom. The zero-order valence-electron chi connectivity index (χ0n) is 13.4. The molecule has 1 fully saturated rings. The summed E-state index contributed by atoms with van der Waals surface area (Å²) in [5, 5.41) is 4.09. The van der Waals surface area contributed by atoms with Crippen LogP contribution in [-0.4, -0.2) is 47.4 Å². The van der Waals surface area contributed by atoms with Gasteiger partial charge in [0.1, 0.15) is 0 Å². The summed E-state index contributed by atoms with van der Waals surface area (Å²) in [6.07, 6.45) is 6.15. The van der Waals surface area contributed by atoms with Gasteiger partial charge in [0.25, 0.3) is 5.56 Å². The largest absolute Gasteiger partial charge is 0.368 e. The van der Waals surface area contributed by atoms with Crippen molar-refractivity contribution in [3.8, 4) is 0 Å². The van der Waals surface area contributed by atoms with Crippen LogP contribution in [0.15, 0.2) is 53.5 Å². The van der Waals surface area contributed by atoms with E-state index in [1.165, 1.54) is 10.2 Å². The number of rotatable bonds is 4. The lowest BCUT2D eigenvalue weighted by atomic mass is 10.2. The highest BCUT2D eigenvalue weighted by Crippen LogP contribution is 2.13. The first-order chi connectivity index (χ1) is 11.2. The molecule has 1 aliphatic rings.